The summed E-state index contributed by atoms with van der Waals surface area (Å²) >= 11 is 0. The zero-order valence-corrected chi connectivity index (χ0v) is 15.1. The predicted octanol–water partition coefficient (Wildman–Crippen LogP) is 2.91. The molecule has 1 unspecified atom stereocenters. The molecule has 0 radical (unpaired) electrons. The smallest absolute Gasteiger partial charge is 0.247 e. The number of rotatable bonds is 5. The van der Waals surface area contributed by atoms with Crippen molar-refractivity contribution in [1.29, 1.82) is 0 Å². The normalized spacial score (nSPS) is 17.5. The summed E-state index contributed by atoms with van der Waals surface area (Å²) < 4.78 is 11.1. The summed E-state index contributed by atoms with van der Waals surface area (Å²) in [6.07, 6.45) is 0. The molecule has 1 aromatic carbocycles. The summed E-state index contributed by atoms with van der Waals surface area (Å²) in [6.45, 7) is 8.76. The van der Waals surface area contributed by atoms with Gasteiger partial charge in [0.05, 0.1) is 11.7 Å². The Morgan fingerprint density at radius 1 is 1.08 bits per heavy atom. The van der Waals surface area contributed by atoms with Crippen molar-refractivity contribution >= 4 is 0 Å². The maximum Gasteiger partial charge on any atom is 0.247 e. The number of nitrogens with zero attached hydrogens (tertiary/aromatic N) is 5. The van der Waals surface area contributed by atoms with Gasteiger partial charge >= 0.3 is 0 Å². The topological polar surface area (TPSA) is 71.4 Å². The summed E-state index contributed by atoms with van der Waals surface area (Å²) in [7, 11) is 0. The Balaban J connectivity index is 1.35. The van der Waals surface area contributed by atoms with Crippen molar-refractivity contribution in [2.45, 2.75) is 26.4 Å². The summed E-state index contributed by atoms with van der Waals surface area (Å²) in [4.78, 5) is 4.77. The van der Waals surface area contributed by atoms with Crippen LogP contribution in [0.5, 0.6) is 0 Å². The van der Waals surface area contributed by atoms with E-state index in [9.17, 15) is 0 Å². The van der Waals surface area contributed by atoms with Gasteiger partial charge in [0.1, 0.15) is 5.76 Å². The van der Waals surface area contributed by atoms with E-state index in [4.69, 9.17) is 8.94 Å². The highest BCUT2D eigenvalue weighted by atomic mass is 16.5. The third-order valence-electron chi connectivity index (χ3n) is 4.84. The zero-order chi connectivity index (χ0) is 17.9. The Labute approximate surface area is 152 Å². The molecule has 0 spiro atoms. The molecule has 0 saturated carbocycles. The molecule has 3 heterocycles. The van der Waals surface area contributed by atoms with Crippen molar-refractivity contribution < 1.29 is 8.94 Å². The molecular weight excluding hydrogens is 330 g/mol. The van der Waals surface area contributed by atoms with E-state index in [1.54, 1.807) is 0 Å². The number of benzene rings is 1. The fourth-order valence-electron chi connectivity index (χ4n) is 3.29. The number of piperazine rings is 1. The average molecular weight is 353 g/mol. The maximum absolute atomic E-state index is 5.91. The van der Waals surface area contributed by atoms with Crippen molar-refractivity contribution in [3.63, 3.8) is 0 Å². The van der Waals surface area contributed by atoms with Crippen molar-refractivity contribution in [1.82, 2.24) is 25.2 Å². The standard InChI is InChI=1S/C19H23N5O2/c1-14-12-17(22-26-14)13-23-8-10-24(11-9-23)15(2)18-20-21-19(25-18)16-6-4-3-5-7-16/h3-7,12,15H,8-11,13H2,1-2H3. The van der Waals surface area contributed by atoms with Crippen LogP contribution in [-0.4, -0.2) is 51.3 Å². The molecule has 7 nitrogen and oxygen atoms in total. The van der Waals surface area contributed by atoms with Gasteiger partial charge in [0, 0.05) is 44.4 Å². The minimum Gasteiger partial charge on any atom is -0.419 e. The van der Waals surface area contributed by atoms with Crippen LogP contribution in [-0.2, 0) is 6.54 Å². The lowest BCUT2D eigenvalue weighted by Crippen LogP contribution is -2.46. The van der Waals surface area contributed by atoms with Crippen LogP contribution in [0, 0.1) is 6.92 Å². The van der Waals surface area contributed by atoms with Crippen LogP contribution in [0.4, 0.5) is 0 Å². The molecule has 0 bridgehead atoms. The van der Waals surface area contributed by atoms with E-state index in [2.05, 4.69) is 32.1 Å². The first-order valence-electron chi connectivity index (χ1n) is 8.96. The number of hydrogen-bond acceptors (Lipinski definition) is 7. The SMILES string of the molecule is Cc1cc(CN2CCN(C(C)c3nnc(-c4ccccc4)o3)CC2)no1. The molecule has 7 heteroatoms. The van der Waals surface area contributed by atoms with Crippen molar-refractivity contribution in [3.05, 3.63) is 53.7 Å². The van der Waals surface area contributed by atoms with Gasteiger partial charge in [-0.15, -0.1) is 10.2 Å². The first-order valence-corrected chi connectivity index (χ1v) is 8.96. The van der Waals surface area contributed by atoms with Crippen LogP contribution in [0.2, 0.25) is 0 Å². The van der Waals surface area contributed by atoms with Gasteiger partial charge in [-0.1, -0.05) is 23.4 Å². The molecule has 1 atom stereocenters. The molecule has 4 rings (SSSR count). The second kappa shape index (κ2) is 7.39. The van der Waals surface area contributed by atoms with Gasteiger partial charge < -0.3 is 8.94 Å². The van der Waals surface area contributed by atoms with Gasteiger partial charge in [0.2, 0.25) is 11.8 Å². The highest BCUT2D eigenvalue weighted by molar-refractivity contribution is 5.51. The van der Waals surface area contributed by atoms with Gasteiger partial charge in [0.15, 0.2) is 0 Å². The van der Waals surface area contributed by atoms with E-state index >= 15 is 0 Å². The molecular formula is C19H23N5O2. The molecule has 26 heavy (non-hydrogen) atoms. The second-order valence-electron chi connectivity index (χ2n) is 6.73. The molecule has 1 aliphatic heterocycles. The van der Waals surface area contributed by atoms with E-state index in [1.165, 1.54) is 0 Å². The number of aromatic nitrogens is 3. The molecule has 0 aliphatic carbocycles. The molecule has 1 aliphatic rings. The molecule has 2 aromatic heterocycles. The molecule has 3 aromatic rings. The van der Waals surface area contributed by atoms with Crippen molar-refractivity contribution in [2.75, 3.05) is 26.2 Å². The lowest BCUT2D eigenvalue weighted by Gasteiger charge is -2.36. The fourth-order valence-corrected chi connectivity index (χ4v) is 3.29. The van der Waals surface area contributed by atoms with Gasteiger partial charge in [-0.2, -0.15) is 0 Å². The van der Waals surface area contributed by atoms with Crippen LogP contribution in [0.25, 0.3) is 11.5 Å². The van der Waals surface area contributed by atoms with Gasteiger partial charge in [-0.3, -0.25) is 9.80 Å². The van der Waals surface area contributed by atoms with Gasteiger partial charge in [-0.25, -0.2) is 0 Å². The van der Waals surface area contributed by atoms with E-state index in [0.717, 1.165) is 49.7 Å². The summed E-state index contributed by atoms with van der Waals surface area (Å²) in [5.74, 6) is 2.11. The Kier molecular flexibility index (Phi) is 4.81. The highest BCUT2D eigenvalue weighted by Crippen LogP contribution is 2.24. The Morgan fingerprint density at radius 2 is 1.85 bits per heavy atom. The highest BCUT2D eigenvalue weighted by Gasteiger charge is 2.26. The first-order chi connectivity index (χ1) is 12.7. The fraction of sp³-hybridized carbons (Fsp3) is 0.421. The minimum absolute atomic E-state index is 0.108. The molecule has 136 valence electrons. The Hall–Kier alpha value is -2.51. The monoisotopic (exact) mass is 353 g/mol. The summed E-state index contributed by atoms with van der Waals surface area (Å²) in [5.41, 5.74) is 1.94. The third kappa shape index (κ3) is 3.68. The Bertz CT molecular complexity index is 837. The van der Waals surface area contributed by atoms with Gasteiger partial charge in [-0.05, 0) is 26.0 Å². The zero-order valence-electron chi connectivity index (χ0n) is 15.1. The van der Waals surface area contributed by atoms with Crippen LogP contribution >= 0.6 is 0 Å². The van der Waals surface area contributed by atoms with Crippen LogP contribution in [0.1, 0.15) is 30.3 Å². The minimum atomic E-state index is 0.108. The van der Waals surface area contributed by atoms with E-state index < -0.39 is 0 Å². The van der Waals surface area contributed by atoms with Crippen molar-refractivity contribution in [2.24, 2.45) is 0 Å². The first kappa shape index (κ1) is 16.9. The molecule has 1 saturated heterocycles. The largest absolute Gasteiger partial charge is 0.419 e. The molecule has 0 N–H and O–H groups in total. The molecule has 0 amide bonds. The van der Waals surface area contributed by atoms with Crippen LogP contribution in [0.3, 0.4) is 0 Å². The third-order valence-corrected chi connectivity index (χ3v) is 4.84. The average Bonchev–Trinajstić information content (AvgIpc) is 3.32. The second-order valence-corrected chi connectivity index (χ2v) is 6.73. The summed E-state index contributed by atoms with van der Waals surface area (Å²) in [5, 5.41) is 12.5. The lowest BCUT2D eigenvalue weighted by atomic mass is 10.2. The van der Waals surface area contributed by atoms with Crippen LogP contribution in [0.15, 0.2) is 45.3 Å². The predicted molar refractivity (Wildman–Crippen MR) is 96.2 cm³/mol. The van der Waals surface area contributed by atoms with E-state index in [0.29, 0.717) is 11.8 Å². The van der Waals surface area contributed by atoms with Crippen molar-refractivity contribution in [3.8, 4) is 11.5 Å². The van der Waals surface area contributed by atoms with Gasteiger partial charge in [0.25, 0.3) is 0 Å². The number of aryl methyl sites for hydroxylation is 1. The maximum atomic E-state index is 5.91. The van der Waals surface area contributed by atoms with Crippen LogP contribution < -0.4 is 0 Å². The lowest BCUT2D eigenvalue weighted by molar-refractivity contribution is 0.0863. The quantitative estimate of drug-likeness (QED) is 0.698. The van der Waals surface area contributed by atoms with E-state index in [-0.39, 0.29) is 6.04 Å². The summed E-state index contributed by atoms with van der Waals surface area (Å²) in [6, 6.07) is 12.0. The molecule has 1 fully saturated rings. The van der Waals surface area contributed by atoms with E-state index in [1.807, 2.05) is 43.3 Å². The number of hydrogen-bond donors (Lipinski definition) is 0. The Morgan fingerprint density at radius 3 is 2.54 bits per heavy atom.